The molecule has 126 valence electrons. The second-order valence-corrected chi connectivity index (χ2v) is 5.41. The summed E-state index contributed by atoms with van der Waals surface area (Å²) in [6.45, 7) is 2.82. The standard InChI is InChI=1S/C17H18N2O5/c1-10-3-5-13(17(20)21)16(24-9-12-8-23-12)15(10)19-14-6-4-11(22-2)7-18-14/h3-7,12H,8-9H2,1-2H3,(H,18,19)(H,20,21). The molecule has 1 aromatic heterocycles. The quantitative estimate of drug-likeness (QED) is 0.754. The van der Waals surface area contributed by atoms with Crippen molar-refractivity contribution in [1.29, 1.82) is 0 Å². The molecule has 1 unspecified atom stereocenters. The molecule has 0 saturated carbocycles. The predicted molar refractivity (Wildman–Crippen MR) is 87.4 cm³/mol. The third kappa shape index (κ3) is 3.57. The lowest BCUT2D eigenvalue weighted by atomic mass is 10.1. The summed E-state index contributed by atoms with van der Waals surface area (Å²) in [6.07, 6.45) is 1.61. The Labute approximate surface area is 139 Å². The number of benzene rings is 1. The maximum atomic E-state index is 11.5. The molecule has 2 N–H and O–H groups in total. The van der Waals surface area contributed by atoms with Crippen molar-refractivity contribution in [1.82, 2.24) is 4.98 Å². The summed E-state index contributed by atoms with van der Waals surface area (Å²) in [5.74, 6) is 0.441. The Kier molecular flexibility index (Phi) is 4.52. The molecule has 0 amide bonds. The van der Waals surface area contributed by atoms with E-state index in [0.717, 1.165) is 5.56 Å². The van der Waals surface area contributed by atoms with Gasteiger partial charge >= 0.3 is 5.97 Å². The van der Waals surface area contributed by atoms with Crippen LogP contribution in [0.4, 0.5) is 11.5 Å². The molecule has 7 nitrogen and oxygen atoms in total. The summed E-state index contributed by atoms with van der Waals surface area (Å²) < 4.78 is 15.9. The minimum atomic E-state index is -1.05. The van der Waals surface area contributed by atoms with E-state index in [2.05, 4.69) is 10.3 Å². The Balaban J connectivity index is 1.93. The van der Waals surface area contributed by atoms with Gasteiger partial charge in [0.25, 0.3) is 0 Å². The molecule has 3 rings (SSSR count). The number of ether oxygens (including phenoxy) is 3. The predicted octanol–water partition coefficient (Wildman–Crippen LogP) is 2.62. The normalized spacial score (nSPS) is 15.7. The number of carboxylic acid groups (broad SMARTS) is 1. The van der Waals surface area contributed by atoms with Crippen LogP contribution in [-0.2, 0) is 4.74 Å². The summed E-state index contributed by atoms with van der Waals surface area (Å²) in [7, 11) is 1.57. The highest BCUT2D eigenvalue weighted by Gasteiger charge is 2.26. The van der Waals surface area contributed by atoms with Crippen LogP contribution in [0.25, 0.3) is 0 Å². The molecule has 2 aromatic rings. The Hall–Kier alpha value is -2.80. The first-order valence-corrected chi connectivity index (χ1v) is 7.47. The first-order chi connectivity index (χ1) is 11.6. The first kappa shape index (κ1) is 16.1. The van der Waals surface area contributed by atoms with Crippen molar-refractivity contribution in [2.24, 2.45) is 0 Å². The number of methoxy groups -OCH3 is 1. The highest BCUT2D eigenvalue weighted by molar-refractivity contribution is 5.94. The summed E-state index contributed by atoms with van der Waals surface area (Å²) in [5, 5.41) is 12.6. The van der Waals surface area contributed by atoms with Crippen molar-refractivity contribution < 1.29 is 24.1 Å². The van der Waals surface area contributed by atoms with E-state index >= 15 is 0 Å². The van der Waals surface area contributed by atoms with Gasteiger partial charge in [0.15, 0.2) is 5.75 Å². The minimum absolute atomic E-state index is 0.0270. The van der Waals surface area contributed by atoms with Gasteiger partial charge in [-0.3, -0.25) is 0 Å². The molecule has 1 saturated heterocycles. The third-order valence-corrected chi connectivity index (χ3v) is 3.64. The highest BCUT2D eigenvalue weighted by Crippen LogP contribution is 2.35. The van der Waals surface area contributed by atoms with Crippen LogP contribution < -0.4 is 14.8 Å². The Morgan fingerprint density at radius 1 is 1.42 bits per heavy atom. The molecule has 2 heterocycles. The van der Waals surface area contributed by atoms with Crippen molar-refractivity contribution in [3.63, 3.8) is 0 Å². The average molecular weight is 330 g/mol. The molecule has 7 heteroatoms. The number of aryl methyl sites for hydroxylation is 1. The largest absolute Gasteiger partial charge is 0.495 e. The molecule has 1 fully saturated rings. The maximum absolute atomic E-state index is 11.5. The van der Waals surface area contributed by atoms with Crippen LogP contribution in [0.3, 0.4) is 0 Å². The van der Waals surface area contributed by atoms with Gasteiger partial charge in [-0.1, -0.05) is 6.07 Å². The van der Waals surface area contributed by atoms with Gasteiger partial charge in [0.05, 0.1) is 25.6 Å². The van der Waals surface area contributed by atoms with Crippen molar-refractivity contribution in [3.8, 4) is 11.5 Å². The topological polar surface area (TPSA) is 93.2 Å². The number of nitrogens with one attached hydrogen (secondary N) is 1. The number of nitrogens with zero attached hydrogens (tertiary/aromatic N) is 1. The molecule has 24 heavy (non-hydrogen) atoms. The van der Waals surface area contributed by atoms with Crippen LogP contribution in [0, 0.1) is 6.92 Å². The fourth-order valence-corrected chi connectivity index (χ4v) is 2.20. The second kappa shape index (κ2) is 6.76. The molecule has 1 aromatic carbocycles. The number of anilines is 2. The van der Waals surface area contributed by atoms with Crippen molar-refractivity contribution in [3.05, 3.63) is 41.6 Å². The zero-order valence-electron chi connectivity index (χ0n) is 13.4. The number of aromatic carboxylic acids is 1. The third-order valence-electron chi connectivity index (χ3n) is 3.64. The number of carbonyl (C=O) groups is 1. The van der Waals surface area contributed by atoms with E-state index in [-0.39, 0.29) is 17.4 Å². The fraction of sp³-hybridized carbons (Fsp3) is 0.294. The monoisotopic (exact) mass is 330 g/mol. The number of hydrogen-bond donors (Lipinski definition) is 2. The zero-order chi connectivity index (χ0) is 17.1. The summed E-state index contributed by atoms with van der Waals surface area (Å²) in [5.41, 5.74) is 1.52. The molecular formula is C17H18N2O5. The molecule has 1 atom stereocenters. The van der Waals surface area contributed by atoms with Crippen LogP contribution in [0.2, 0.25) is 0 Å². The Morgan fingerprint density at radius 3 is 2.79 bits per heavy atom. The number of carboxylic acids is 1. The second-order valence-electron chi connectivity index (χ2n) is 5.41. The van der Waals surface area contributed by atoms with E-state index in [1.165, 1.54) is 6.07 Å². The molecular weight excluding hydrogens is 312 g/mol. The van der Waals surface area contributed by atoms with Crippen LogP contribution in [0.15, 0.2) is 30.5 Å². The van der Waals surface area contributed by atoms with Crippen LogP contribution in [0.1, 0.15) is 15.9 Å². The number of epoxide rings is 1. The molecule has 0 aliphatic carbocycles. The van der Waals surface area contributed by atoms with Gasteiger partial charge in [-0.05, 0) is 30.7 Å². The minimum Gasteiger partial charge on any atom is -0.495 e. The van der Waals surface area contributed by atoms with Gasteiger partial charge in [-0.25, -0.2) is 9.78 Å². The van der Waals surface area contributed by atoms with E-state index in [4.69, 9.17) is 14.2 Å². The first-order valence-electron chi connectivity index (χ1n) is 7.47. The number of hydrogen-bond acceptors (Lipinski definition) is 6. The summed E-state index contributed by atoms with van der Waals surface area (Å²) in [4.78, 5) is 15.8. The summed E-state index contributed by atoms with van der Waals surface area (Å²) in [6, 6.07) is 6.78. The Bertz CT molecular complexity index is 741. The van der Waals surface area contributed by atoms with Gasteiger partial charge < -0.3 is 24.6 Å². The SMILES string of the molecule is COc1ccc(Nc2c(C)ccc(C(=O)O)c2OCC2CO2)nc1. The van der Waals surface area contributed by atoms with Gasteiger partial charge in [-0.15, -0.1) is 0 Å². The lowest BCUT2D eigenvalue weighted by Crippen LogP contribution is -2.11. The highest BCUT2D eigenvalue weighted by atomic mass is 16.6. The zero-order valence-corrected chi connectivity index (χ0v) is 13.4. The molecule has 0 spiro atoms. The van der Waals surface area contributed by atoms with Gasteiger partial charge in [0, 0.05) is 0 Å². The average Bonchev–Trinajstić information content (AvgIpc) is 3.40. The molecule has 0 bridgehead atoms. The lowest BCUT2D eigenvalue weighted by Gasteiger charge is -2.17. The van der Waals surface area contributed by atoms with Crippen LogP contribution in [-0.4, -0.2) is 42.5 Å². The Morgan fingerprint density at radius 2 is 2.21 bits per heavy atom. The molecule has 0 radical (unpaired) electrons. The van der Waals surface area contributed by atoms with Crippen molar-refractivity contribution in [2.45, 2.75) is 13.0 Å². The van der Waals surface area contributed by atoms with E-state index in [1.54, 1.807) is 31.5 Å². The molecule has 1 aliphatic rings. The smallest absolute Gasteiger partial charge is 0.339 e. The van der Waals surface area contributed by atoms with Crippen molar-refractivity contribution >= 4 is 17.5 Å². The molecule has 1 aliphatic heterocycles. The number of rotatable bonds is 7. The lowest BCUT2D eigenvalue weighted by molar-refractivity contribution is 0.0692. The van der Waals surface area contributed by atoms with Crippen molar-refractivity contribution in [2.75, 3.05) is 25.6 Å². The fourth-order valence-electron chi connectivity index (χ4n) is 2.20. The van der Waals surface area contributed by atoms with E-state index in [1.807, 2.05) is 6.92 Å². The van der Waals surface area contributed by atoms with Gasteiger partial charge in [-0.2, -0.15) is 0 Å². The van der Waals surface area contributed by atoms with Gasteiger partial charge in [0.2, 0.25) is 0 Å². The number of pyridine rings is 1. The van der Waals surface area contributed by atoms with E-state index < -0.39 is 5.97 Å². The summed E-state index contributed by atoms with van der Waals surface area (Å²) >= 11 is 0. The van der Waals surface area contributed by atoms with Gasteiger partial charge in [0.1, 0.15) is 29.8 Å². The number of aromatic nitrogens is 1. The van der Waals surface area contributed by atoms with Crippen LogP contribution in [0.5, 0.6) is 11.5 Å². The maximum Gasteiger partial charge on any atom is 0.339 e. The van der Waals surface area contributed by atoms with E-state index in [0.29, 0.717) is 30.5 Å². The van der Waals surface area contributed by atoms with E-state index in [9.17, 15) is 9.90 Å². The van der Waals surface area contributed by atoms with Crippen LogP contribution >= 0.6 is 0 Å².